The van der Waals surface area contributed by atoms with Gasteiger partial charge in [-0.15, -0.1) is 11.3 Å². The van der Waals surface area contributed by atoms with Crippen LogP contribution >= 0.6 is 11.3 Å². The molecule has 2 bridgehead atoms. The van der Waals surface area contributed by atoms with Crippen molar-refractivity contribution in [3.8, 4) is 0 Å². The van der Waals surface area contributed by atoms with Crippen molar-refractivity contribution in [1.82, 2.24) is 5.16 Å². The summed E-state index contributed by atoms with van der Waals surface area (Å²) in [4.78, 5) is 26.3. The number of primary amides is 1. The molecule has 3 atom stereocenters. The van der Waals surface area contributed by atoms with E-state index in [0.717, 1.165) is 38.8 Å². The molecule has 0 spiro atoms. The quantitative estimate of drug-likeness (QED) is 0.508. The van der Waals surface area contributed by atoms with Crippen LogP contribution in [0.2, 0.25) is 0 Å². The van der Waals surface area contributed by atoms with Gasteiger partial charge in [-0.1, -0.05) is 11.2 Å². The molecule has 6 rings (SSSR count). The van der Waals surface area contributed by atoms with E-state index in [1.165, 1.54) is 17.6 Å². The van der Waals surface area contributed by atoms with Crippen LogP contribution in [0.4, 0.5) is 0 Å². The molecule has 5 heterocycles. The van der Waals surface area contributed by atoms with E-state index in [4.69, 9.17) is 15.0 Å². The SMILES string of the molecule is NC(=O)C(c1ccon1)[N+]12CCC(CC1)[C@@H](OC(=O)C(O)(c1cccs1)C1CC1)C2. The standard InChI is InChI=1S/C21H25N3O5S/c22-19(25)18(15-7-10-28-23-15)24-8-5-13(6-9-24)16(12-24)29-20(26)21(27,14-3-4-14)17-2-1-11-30-17/h1-2,7,10-11,13-14,16,18,27H,3-6,8-9,12H2,(H-,22,25)/p+1/t13?,16-,18?,21?,24?/m0/s1. The van der Waals surface area contributed by atoms with E-state index in [9.17, 15) is 14.7 Å². The minimum Gasteiger partial charge on any atom is -0.454 e. The molecule has 160 valence electrons. The fraction of sp³-hybridized carbons (Fsp3) is 0.571. The summed E-state index contributed by atoms with van der Waals surface area (Å²) in [6, 6.07) is 4.67. The lowest BCUT2D eigenvalue weighted by atomic mass is 9.81. The molecule has 2 unspecified atom stereocenters. The minimum absolute atomic E-state index is 0.0959. The number of quaternary nitrogens is 1. The Morgan fingerprint density at radius 3 is 2.63 bits per heavy atom. The Morgan fingerprint density at radius 2 is 2.07 bits per heavy atom. The number of aromatic nitrogens is 1. The molecular weight excluding hydrogens is 406 g/mol. The molecule has 4 aliphatic rings. The number of fused-ring (bicyclic) bond motifs is 3. The molecule has 2 aromatic rings. The first-order valence-corrected chi connectivity index (χ1v) is 11.3. The van der Waals surface area contributed by atoms with E-state index in [2.05, 4.69) is 5.16 Å². The van der Waals surface area contributed by atoms with E-state index in [-0.39, 0.29) is 17.9 Å². The van der Waals surface area contributed by atoms with Gasteiger partial charge < -0.3 is 24.6 Å². The van der Waals surface area contributed by atoms with Gasteiger partial charge in [-0.3, -0.25) is 4.79 Å². The zero-order valence-corrected chi connectivity index (χ0v) is 17.4. The Bertz CT molecular complexity index is 919. The first kappa shape index (κ1) is 19.7. The maximum absolute atomic E-state index is 13.2. The molecule has 0 radical (unpaired) electrons. The van der Waals surface area contributed by atoms with Crippen LogP contribution in [0.5, 0.6) is 0 Å². The molecule has 3 aliphatic heterocycles. The molecule has 8 nitrogen and oxygen atoms in total. The Morgan fingerprint density at radius 1 is 1.30 bits per heavy atom. The highest BCUT2D eigenvalue weighted by Gasteiger charge is 2.57. The Kier molecular flexibility index (Phi) is 4.72. The summed E-state index contributed by atoms with van der Waals surface area (Å²) < 4.78 is 11.4. The van der Waals surface area contributed by atoms with Gasteiger partial charge in [-0.2, -0.15) is 0 Å². The van der Waals surface area contributed by atoms with Crippen LogP contribution in [-0.4, -0.2) is 52.4 Å². The van der Waals surface area contributed by atoms with E-state index < -0.39 is 23.5 Å². The van der Waals surface area contributed by atoms with Crippen molar-refractivity contribution in [2.45, 2.75) is 43.4 Å². The van der Waals surface area contributed by atoms with Crippen LogP contribution in [0.1, 0.15) is 42.3 Å². The smallest absolute Gasteiger partial charge is 0.344 e. The van der Waals surface area contributed by atoms with Gasteiger partial charge >= 0.3 is 5.97 Å². The third kappa shape index (κ3) is 3.07. The highest BCUT2D eigenvalue weighted by molar-refractivity contribution is 7.10. The maximum atomic E-state index is 13.2. The predicted molar refractivity (Wildman–Crippen MR) is 107 cm³/mol. The maximum Gasteiger partial charge on any atom is 0.344 e. The molecule has 1 aliphatic carbocycles. The highest BCUT2D eigenvalue weighted by Crippen LogP contribution is 2.49. The number of amides is 1. The average molecular weight is 433 g/mol. The Labute approximate surface area is 178 Å². The second kappa shape index (κ2) is 7.18. The minimum atomic E-state index is -1.58. The van der Waals surface area contributed by atoms with E-state index >= 15 is 0 Å². The normalized spacial score (nSPS) is 31.1. The van der Waals surface area contributed by atoms with Gasteiger partial charge in [0.25, 0.3) is 5.91 Å². The summed E-state index contributed by atoms with van der Waals surface area (Å²) in [6.45, 7) is 2.04. The first-order chi connectivity index (χ1) is 14.4. The van der Waals surface area contributed by atoms with Crippen molar-refractivity contribution in [3.63, 3.8) is 0 Å². The second-order valence-corrected chi connectivity index (χ2v) is 9.82. The molecule has 30 heavy (non-hydrogen) atoms. The number of aliphatic hydroxyl groups is 1. The molecule has 1 amide bonds. The largest absolute Gasteiger partial charge is 0.454 e. The highest BCUT2D eigenvalue weighted by atomic mass is 32.1. The molecule has 1 saturated carbocycles. The number of hydrogen-bond donors (Lipinski definition) is 2. The molecule has 3 N–H and O–H groups in total. The number of hydrogen-bond acceptors (Lipinski definition) is 7. The van der Waals surface area contributed by atoms with E-state index in [1.54, 1.807) is 12.1 Å². The van der Waals surface area contributed by atoms with Crippen LogP contribution in [0.15, 0.2) is 34.4 Å². The number of thiophene rings is 1. The van der Waals surface area contributed by atoms with E-state index in [0.29, 0.717) is 21.6 Å². The fourth-order valence-electron chi connectivity index (χ4n) is 5.41. The van der Waals surface area contributed by atoms with Crippen molar-refractivity contribution >= 4 is 23.2 Å². The monoisotopic (exact) mass is 432 g/mol. The molecule has 3 saturated heterocycles. The van der Waals surface area contributed by atoms with Crippen molar-refractivity contribution < 1.29 is 28.4 Å². The summed E-state index contributed by atoms with van der Waals surface area (Å²) in [5.74, 6) is -0.892. The topological polar surface area (TPSA) is 116 Å². The number of esters is 1. The van der Waals surface area contributed by atoms with Crippen LogP contribution in [-0.2, 0) is 19.9 Å². The van der Waals surface area contributed by atoms with Gasteiger partial charge in [0, 0.05) is 35.6 Å². The third-order valence-electron chi connectivity index (χ3n) is 7.15. The van der Waals surface area contributed by atoms with Gasteiger partial charge in [0.1, 0.15) is 12.8 Å². The zero-order chi connectivity index (χ0) is 20.9. The number of ether oxygens (including phenoxy) is 1. The van der Waals surface area contributed by atoms with Crippen LogP contribution in [0.3, 0.4) is 0 Å². The Hall–Kier alpha value is -2.23. The van der Waals surface area contributed by atoms with Crippen molar-refractivity contribution in [2.75, 3.05) is 19.6 Å². The summed E-state index contributed by atoms with van der Waals surface area (Å²) in [5, 5.41) is 17.2. The summed E-state index contributed by atoms with van der Waals surface area (Å²) in [7, 11) is 0. The number of piperidine rings is 3. The van der Waals surface area contributed by atoms with Crippen molar-refractivity contribution in [2.24, 2.45) is 17.6 Å². The molecule has 4 fully saturated rings. The molecule has 2 aromatic heterocycles. The second-order valence-electron chi connectivity index (χ2n) is 8.88. The third-order valence-corrected chi connectivity index (χ3v) is 8.14. The van der Waals surface area contributed by atoms with Crippen molar-refractivity contribution in [3.05, 3.63) is 40.4 Å². The number of nitrogens with two attached hydrogens (primary N) is 1. The summed E-state index contributed by atoms with van der Waals surface area (Å²) >= 11 is 1.38. The molecule has 9 heteroatoms. The molecule has 0 aromatic carbocycles. The van der Waals surface area contributed by atoms with Gasteiger partial charge in [0.2, 0.25) is 6.04 Å². The van der Waals surface area contributed by atoms with Crippen LogP contribution < -0.4 is 5.73 Å². The van der Waals surface area contributed by atoms with Crippen LogP contribution in [0, 0.1) is 11.8 Å². The zero-order valence-electron chi connectivity index (χ0n) is 16.6. The number of carbonyl (C=O) groups excluding carboxylic acids is 2. The first-order valence-electron chi connectivity index (χ1n) is 10.5. The number of nitrogens with zero attached hydrogens (tertiary/aromatic N) is 2. The van der Waals surface area contributed by atoms with Gasteiger partial charge in [-0.05, 0) is 24.3 Å². The molecular formula is C21H26N3O5S+. The number of carbonyl (C=O) groups is 2. The van der Waals surface area contributed by atoms with Crippen LogP contribution in [0.25, 0.3) is 0 Å². The Balaban J connectivity index is 1.40. The van der Waals surface area contributed by atoms with Gasteiger partial charge in [0.15, 0.2) is 17.4 Å². The van der Waals surface area contributed by atoms with Gasteiger partial charge in [0.05, 0.1) is 13.1 Å². The number of rotatable bonds is 7. The lowest BCUT2D eigenvalue weighted by Crippen LogP contribution is -2.67. The average Bonchev–Trinajstić information content (AvgIpc) is 3.20. The van der Waals surface area contributed by atoms with Gasteiger partial charge in [-0.25, -0.2) is 4.79 Å². The van der Waals surface area contributed by atoms with E-state index in [1.807, 2.05) is 11.4 Å². The lowest BCUT2D eigenvalue weighted by Gasteiger charge is -2.54. The summed E-state index contributed by atoms with van der Waals surface area (Å²) in [6.07, 6.45) is 4.37. The summed E-state index contributed by atoms with van der Waals surface area (Å²) in [5.41, 5.74) is 4.71. The predicted octanol–water partition coefficient (Wildman–Crippen LogP) is 1.71. The lowest BCUT2D eigenvalue weighted by molar-refractivity contribution is -0.965. The van der Waals surface area contributed by atoms with Crippen molar-refractivity contribution in [1.29, 1.82) is 0 Å². The fourth-order valence-corrected chi connectivity index (χ4v) is 6.30.